The van der Waals surface area contributed by atoms with E-state index in [1.54, 1.807) is 0 Å². The van der Waals surface area contributed by atoms with Crippen LogP contribution in [0.15, 0.2) is 0 Å². The second kappa shape index (κ2) is 3.87. The largest absolute Gasteiger partial charge is 0.0651 e. The van der Waals surface area contributed by atoms with E-state index in [-0.39, 0.29) is 0 Å². The topological polar surface area (TPSA) is 0 Å². The zero-order chi connectivity index (χ0) is 10.2. The van der Waals surface area contributed by atoms with Gasteiger partial charge >= 0.3 is 0 Å². The first-order valence-electron chi connectivity index (χ1n) is 6.65. The Labute approximate surface area is 89.5 Å². The fourth-order valence-electron chi connectivity index (χ4n) is 4.11. The Morgan fingerprint density at radius 1 is 1.21 bits per heavy atom. The minimum atomic E-state index is 0.726. The van der Waals surface area contributed by atoms with E-state index in [9.17, 15) is 0 Å². The summed E-state index contributed by atoms with van der Waals surface area (Å²) in [5.74, 6) is 3.10. The Bertz CT molecular complexity index is 196. The van der Waals surface area contributed by atoms with Crippen LogP contribution in [0, 0.1) is 23.2 Å². The molecule has 2 fully saturated rings. The van der Waals surface area contributed by atoms with Gasteiger partial charge in [0.25, 0.3) is 0 Å². The van der Waals surface area contributed by atoms with Crippen LogP contribution in [0.2, 0.25) is 0 Å². The van der Waals surface area contributed by atoms with Crippen molar-refractivity contribution in [2.24, 2.45) is 23.2 Å². The van der Waals surface area contributed by atoms with E-state index in [0.29, 0.717) is 0 Å². The van der Waals surface area contributed by atoms with Crippen molar-refractivity contribution in [1.29, 1.82) is 0 Å². The first-order valence-corrected chi connectivity index (χ1v) is 6.65. The van der Waals surface area contributed by atoms with Gasteiger partial charge in [0.15, 0.2) is 0 Å². The second-order valence-electron chi connectivity index (χ2n) is 6.18. The fourth-order valence-corrected chi connectivity index (χ4v) is 4.11. The summed E-state index contributed by atoms with van der Waals surface area (Å²) < 4.78 is 0. The molecule has 2 aliphatic rings. The molecule has 0 aromatic rings. The summed E-state index contributed by atoms with van der Waals surface area (Å²) in [6.07, 6.45) is 10.5. The van der Waals surface area contributed by atoms with Crippen molar-refractivity contribution in [3.05, 3.63) is 0 Å². The van der Waals surface area contributed by atoms with E-state index < -0.39 is 0 Å². The Kier molecular flexibility index (Phi) is 2.91. The second-order valence-corrected chi connectivity index (χ2v) is 6.18. The van der Waals surface area contributed by atoms with Crippen LogP contribution in [0.4, 0.5) is 0 Å². The molecular formula is C14H26. The smallest absolute Gasteiger partial charge is 0.0295 e. The van der Waals surface area contributed by atoms with Gasteiger partial charge in [0.05, 0.1) is 0 Å². The molecule has 0 bridgehead atoms. The number of fused-ring (bicyclic) bond motifs is 1. The van der Waals surface area contributed by atoms with Crippen molar-refractivity contribution < 1.29 is 0 Å². The third-order valence-electron chi connectivity index (χ3n) is 5.28. The molecule has 4 atom stereocenters. The van der Waals surface area contributed by atoms with Gasteiger partial charge in [0, 0.05) is 0 Å². The average molecular weight is 194 g/mol. The molecule has 0 radical (unpaired) electrons. The highest BCUT2D eigenvalue weighted by atomic mass is 14.5. The zero-order valence-corrected chi connectivity index (χ0v) is 10.2. The van der Waals surface area contributed by atoms with Crippen molar-refractivity contribution >= 4 is 0 Å². The molecule has 0 aliphatic heterocycles. The summed E-state index contributed by atoms with van der Waals surface area (Å²) in [6, 6.07) is 0. The Morgan fingerprint density at radius 3 is 2.71 bits per heavy atom. The van der Waals surface area contributed by atoms with Gasteiger partial charge in [-0.2, -0.15) is 0 Å². The number of rotatable bonds is 1. The fraction of sp³-hybridized carbons (Fsp3) is 1.00. The maximum Gasteiger partial charge on any atom is -0.0295 e. The summed E-state index contributed by atoms with van der Waals surface area (Å²) in [4.78, 5) is 0. The predicted molar refractivity (Wildman–Crippen MR) is 62.2 cm³/mol. The molecule has 2 aliphatic carbocycles. The molecule has 14 heavy (non-hydrogen) atoms. The SMILES string of the molecule is CCC1CCC2(C)CCCC(C)C2C1. The van der Waals surface area contributed by atoms with Crippen molar-refractivity contribution in [3.8, 4) is 0 Å². The van der Waals surface area contributed by atoms with E-state index in [2.05, 4.69) is 20.8 Å². The summed E-state index contributed by atoms with van der Waals surface area (Å²) >= 11 is 0. The third kappa shape index (κ3) is 1.73. The molecule has 0 heterocycles. The standard InChI is InChI=1S/C14H26/c1-4-12-7-9-14(3)8-5-6-11(2)13(14)10-12/h11-13H,4-10H2,1-3H3. The highest BCUT2D eigenvalue weighted by molar-refractivity contribution is 4.94. The van der Waals surface area contributed by atoms with Crippen molar-refractivity contribution in [2.45, 2.75) is 65.7 Å². The normalized spacial score (nSPS) is 48.6. The first-order chi connectivity index (χ1) is 6.65. The van der Waals surface area contributed by atoms with Crippen LogP contribution >= 0.6 is 0 Å². The van der Waals surface area contributed by atoms with Gasteiger partial charge in [-0.3, -0.25) is 0 Å². The average Bonchev–Trinajstić information content (AvgIpc) is 2.17. The van der Waals surface area contributed by atoms with E-state index in [4.69, 9.17) is 0 Å². The summed E-state index contributed by atoms with van der Waals surface area (Å²) in [7, 11) is 0. The maximum atomic E-state index is 2.57. The zero-order valence-electron chi connectivity index (χ0n) is 10.2. The van der Waals surface area contributed by atoms with Crippen LogP contribution in [-0.4, -0.2) is 0 Å². The lowest BCUT2D eigenvalue weighted by atomic mass is 9.55. The third-order valence-corrected chi connectivity index (χ3v) is 5.28. The predicted octanol–water partition coefficient (Wildman–Crippen LogP) is 4.64. The molecule has 0 aromatic heterocycles. The van der Waals surface area contributed by atoms with Crippen LogP contribution in [0.3, 0.4) is 0 Å². The van der Waals surface area contributed by atoms with Crippen LogP contribution in [-0.2, 0) is 0 Å². The van der Waals surface area contributed by atoms with Crippen LogP contribution in [0.1, 0.15) is 65.7 Å². The Hall–Kier alpha value is 0. The lowest BCUT2D eigenvalue weighted by Gasteiger charge is -2.50. The summed E-state index contributed by atoms with van der Waals surface area (Å²) in [6.45, 7) is 7.44. The molecule has 0 spiro atoms. The molecule has 0 saturated heterocycles. The lowest BCUT2D eigenvalue weighted by Crippen LogP contribution is -2.40. The molecule has 0 heteroatoms. The number of hydrogen-bond acceptors (Lipinski definition) is 0. The first kappa shape index (κ1) is 10.5. The maximum absolute atomic E-state index is 2.57. The highest BCUT2D eigenvalue weighted by Crippen LogP contribution is 2.54. The Morgan fingerprint density at radius 2 is 2.00 bits per heavy atom. The van der Waals surface area contributed by atoms with E-state index in [1.807, 2.05) is 0 Å². The molecule has 82 valence electrons. The Balaban J connectivity index is 2.09. The molecule has 2 rings (SSSR count). The molecule has 0 amide bonds. The summed E-state index contributed by atoms with van der Waals surface area (Å²) in [5, 5.41) is 0. The minimum absolute atomic E-state index is 0.726. The van der Waals surface area contributed by atoms with Crippen molar-refractivity contribution in [1.82, 2.24) is 0 Å². The molecule has 4 unspecified atom stereocenters. The van der Waals surface area contributed by atoms with Gasteiger partial charge in [-0.05, 0) is 48.9 Å². The van der Waals surface area contributed by atoms with E-state index >= 15 is 0 Å². The monoisotopic (exact) mass is 194 g/mol. The van der Waals surface area contributed by atoms with Gasteiger partial charge in [-0.25, -0.2) is 0 Å². The molecule has 0 N–H and O–H groups in total. The molecule has 0 aromatic carbocycles. The molecular weight excluding hydrogens is 168 g/mol. The van der Waals surface area contributed by atoms with E-state index in [1.165, 1.54) is 44.9 Å². The quantitative estimate of drug-likeness (QED) is 0.570. The van der Waals surface area contributed by atoms with Crippen molar-refractivity contribution in [2.75, 3.05) is 0 Å². The highest BCUT2D eigenvalue weighted by Gasteiger charge is 2.43. The van der Waals surface area contributed by atoms with E-state index in [0.717, 1.165) is 23.2 Å². The van der Waals surface area contributed by atoms with Crippen LogP contribution < -0.4 is 0 Å². The van der Waals surface area contributed by atoms with Gasteiger partial charge < -0.3 is 0 Å². The van der Waals surface area contributed by atoms with Gasteiger partial charge in [0.2, 0.25) is 0 Å². The number of hydrogen-bond donors (Lipinski definition) is 0. The van der Waals surface area contributed by atoms with Gasteiger partial charge in [-0.15, -0.1) is 0 Å². The molecule has 2 saturated carbocycles. The summed E-state index contributed by atoms with van der Waals surface area (Å²) in [5.41, 5.74) is 0.726. The lowest BCUT2D eigenvalue weighted by molar-refractivity contribution is -0.000404. The van der Waals surface area contributed by atoms with Crippen LogP contribution in [0.25, 0.3) is 0 Å². The molecule has 0 nitrogen and oxygen atoms in total. The van der Waals surface area contributed by atoms with Crippen LogP contribution in [0.5, 0.6) is 0 Å². The van der Waals surface area contributed by atoms with Gasteiger partial charge in [0.1, 0.15) is 0 Å². The minimum Gasteiger partial charge on any atom is -0.0651 e. The van der Waals surface area contributed by atoms with Crippen molar-refractivity contribution in [3.63, 3.8) is 0 Å². The van der Waals surface area contributed by atoms with Gasteiger partial charge in [-0.1, -0.05) is 40.0 Å².